The highest BCUT2D eigenvalue weighted by molar-refractivity contribution is 5.85. The molecule has 42 heavy (non-hydrogen) atoms. The monoisotopic (exact) mass is 577 g/mol. The molecule has 2 aromatic rings. The van der Waals surface area contributed by atoms with Crippen LogP contribution in [-0.4, -0.2) is 79.3 Å². The molecule has 1 heterocycles. The minimum absolute atomic E-state index is 0.0948. The smallest absolute Gasteiger partial charge is 0.238 e. The number of fused-ring (bicyclic) bond motifs is 2. The van der Waals surface area contributed by atoms with Crippen LogP contribution in [-0.2, 0) is 11.3 Å². The highest BCUT2D eigenvalue weighted by Crippen LogP contribution is 2.61. The predicted molar refractivity (Wildman–Crippen MR) is 165 cm³/mol. The largest absolute Gasteiger partial charge is 0.496 e. The summed E-state index contributed by atoms with van der Waals surface area (Å²) < 4.78 is 5.94. The van der Waals surface area contributed by atoms with Gasteiger partial charge in [0.15, 0.2) is 0 Å². The number of anilines is 1. The van der Waals surface area contributed by atoms with Crippen molar-refractivity contribution in [3.8, 4) is 16.9 Å². The summed E-state index contributed by atoms with van der Waals surface area (Å²) in [5.41, 5.74) is 4.35. The van der Waals surface area contributed by atoms with E-state index in [0.29, 0.717) is 41.0 Å². The number of ether oxygens (including phenoxy) is 1. The van der Waals surface area contributed by atoms with E-state index >= 15 is 0 Å². The number of benzene rings is 2. The summed E-state index contributed by atoms with van der Waals surface area (Å²) >= 11 is 0. The Bertz CT molecular complexity index is 1320. The minimum Gasteiger partial charge on any atom is -0.496 e. The van der Waals surface area contributed by atoms with E-state index < -0.39 is 24.2 Å². The zero-order valence-electron chi connectivity index (χ0n) is 26.0. The number of rotatable bonds is 9. The number of para-hydroxylation sites is 1. The summed E-state index contributed by atoms with van der Waals surface area (Å²) in [7, 11) is 5.49. The van der Waals surface area contributed by atoms with E-state index in [1.165, 1.54) is 6.42 Å². The Balaban J connectivity index is 1.43. The number of nitrogens with one attached hydrogen (secondary N) is 1. The molecule has 2 bridgehead atoms. The summed E-state index contributed by atoms with van der Waals surface area (Å²) in [5, 5.41) is 25.1. The molecule has 0 radical (unpaired) electrons. The maximum atomic E-state index is 14.0. The third-order valence-corrected chi connectivity index (χ3v) is 10.7. The lowest BCUT2D eigenvalue weighted by Crippen LogP contribution is -2.62. The number of aldehydes is 1. The van der Waals surface area contributed by atoms with Gasteiger partial charge in [0, 0.05) is 61.5 Å². The Morgan fingerprint density at radius 2 is 1.98 bits per heavy atom. The molecule has 0 aromatic heterocycles. The number of methoxy groups -OCH3 is 1. The number of β-amino-alcohol motifs (C(OH)–C–C–N with tert-alkyl or cyclic N) is 1. The molecule has 228 valence electrons. The SMILES string of the molecule is COc1c(CN2C[C@H](O)[C@@H]([C@H](C)O)[C@H]2C(=O)NC2C[C@H]3C[C@@H]([C@@H]2C)C3(C)C)cccc1-c1cc(C=O)cc(N(C)C)c1. The Morgan fingerprint density at radius 3 is 2.57 bits per heavy atom. The van der Waals surface area contributed by atoms with Gasteiger partial charge in [0.25, 0.3) is 0 Å². The zero-order chi connectivity index (χ0) is 30.5. The van der Waals surface area contributed by atoms with Crippen LogP contribution in [0.5, 0.6) is 5.75 Å². The molecule has 0 spiro atoms. The average molecular weight is 578 g/mol. The van der Waals surface area contributed by atoms with Gasteiger partial charge in [-0.3, -0.25) is 14.5 Å². The van der Waals surface area contributed by atoms with Crippen molar-refractivity contribution in [1.82, 2.24) is 10.2 Å². The first-order valence-corrected chi connectivity index (χ1v) is 15.2. The Kier molecular flexibility index (Phi) is 8.45. The van der Waals surface area contributed by atoms with Gasteiger partial charge in [-0.15, -0.1) is 0 Å². The average Bonchev–Trinajstić information content (AvgIpc) is 3.28. The second kappa shape index (κ2) is 11.6. The molecular formula is C34H47N3O5. The number of carbonyl (C=O) groups excluding carboxylic acids is 2. The fourth-order valence-electron chi connectivity index (χ4n) is 8.14. The first-order chi connectivity index (χ1) is 19.9. The fourth-order valence-corrected chi connectivity index (χ4v) is 8.14. The molecular weight excluding hydrogens is 530 g/mol. The first kappa shape index (κ1) is 30.5. The summed E-state index contributed by atoms with van der Waals surface area (Å²) in [6, 6.07) is 11.0. The van der Waals surface area contributed by atoms with Crippen molar-refractivity contribution in [2.45, 2.75) is 71.4 Å². The van der Waals surface area contributed by atoms with Crippen LogP contribution in [0.15, 0.2) is 36.4 Å². The molecule has 2 aromatic carbocycles. The number of hydrogen-bond donors (Lipinski definition) is 3. The van der Waals surface area contributed by atoms with E-state index in [9.17, 15) is 19.8 Å². The van der Waals surface area contributed by atoms with Crippen LogP contribution in [0.3, 0.4) is 0 Å². The van der Waals surface area contributed by atoms with Crippen molar-refractivity contribution in [2.24, 2.45) is 29.1 Å². The molecule has 4 aliphatic rings. The minimum atomic E-state index is -0.847. The molecule has 8 atom stereocenters. The predicted octanol–water partition coefficient (Wildman–Crippen LogP) is 3.97. The highest BCUT2D eigenvalue weighted by atomic mass is 16.5. The van der Waals surface area contributed by atoms with E-state index in [2.05, 4.69) is 26.1 Å². The lowest BCUT2D eigenvalue weighted by molar-refractivity contribution is -0.139. The van der Waals surface area contributed by atoms with Gasteiger partial charge in [-0.1, -0.05) is 39.0 Å². The summed E-state index contributed by atoms with van der Waals surface area (Å²) in [4.78, 5) is 29.6. The molecule has 8 heteroatoms. The molecule has 3 aliphatic carbocycles. The normalized spacial score (nSPS) is 30.7. The van der Waals surface area contributed by atoms with Gasteiger partial charge in [0.05, 0.1) is 25.4 Å². The van der Waals surface area contributed by atoms with E-state index in [4.69, 9.17) is 4.74 Å². The van der Waals surface area contributed by atoms with Crippen LogP contribution in [0, 0.1) is 29.1 Å². The number of aliphatic hydroxyl groups excluding tert-OH is 2. The first-order valence-electron chi connectivity index (χ1n) is 15.2. The fraction of sp³-hybridized carbons (Fsp3) is 0.588. The standard InChI is InChI=1S/C34H47N3O5/c1-19-27-14-24(34(27,3)4)15-28(19)35-33(41)31-30(20(2)39)29(40)17-37(31)16-22-9-8-10-26(32(22)42-7)23-11-21(18-38)12-25(13-23)36(5)6/h8-13,18-20,24,27-31,39-40H,14-17H2,1-7H3,(H,35,41)/t19-,20-,24+,27-,28?,29-,30+,31-/m0/s1. The Hall–Kier alpha value is -2.94. The molecule has 3 saturated carbocycles. The van der Waals surface area contributed by atoms with E-state index in [1.807, 2.05) is 60.3 Å². The van der Waals surface area contributed by atoms with Crippen molar-refractivity contribution in [3.05, 3.63) is 47.5 Å². The van der Waals surface area contributed by atoms with Crippen LogP contribution < -0.4 is 15.0 Å². The van der Waals surface area contributed by atoms with Crippen molar-refractivity contribution in [2.75, 3.05) is 32.6 Å². The summed E-state index contributed by atoms with van der Waals surface area (Å²) in [5.74, 6) is 1.51. The molecule has 1 aliphatic heterocycles. The summed E-state index contributed by atoms with van der Waals surface area (Å²) in [6.07, 6.45) is 1.36. The van der Waals surface area contributed by atoms with Crippen LogP contribution in [0.25, 0.3) is 11.1 Å². The number of amides is 1. The molecule has 6 rings (SSSR count). The van der Waals surface area contributed by atoms with Crippen LogP contribution in [0.1, 0.15) is 56.5 Å². The lowest BCUT2D eigenvalue weighted by atomic mass is 9.45. The third-order valence-electron chi connectivity index (χ3n) is 10.7. The number of hydrogen-bond acceptors (Lipinski definition) is 7. The number of likely N-dealkylation sites (tertiary alicyclic amines) is 1. The molecule has 4 fully saturated rings. The van der Waals surface area contributed by atoms with Gasteiger partial charge in [0.1, 0.15) is 12.0 Å². The van der Waals surface area contributed by atoms with Crippen molar-refractivity contribution < 1.29 is 24.5 Å². The van der Waals surface area contributed by atoms with Crippen LogP contribution >= 0.6 is 0 Å². The van der Waals surface area contributed by atoms with Gasteiger partial charge >= 0.3 is 0 Å². The maximum absolute atomic E-state index is 14.0. The van der Waals surface area contributed by atoms with E-state index in [0.717, 1.165) is 35.1 Å². The summed E-state index contributed by atoms with van der Waals surface area (Å²) in [6.45, 7) is 9.22. The van der Waals surface area contributed by atoms with Gasteiger partial charge in [-0.05, 0) is 66.7 Å². The van der Waals surface area contributed by atoms with Gasteiger partial charge in [-0.2, -0.15) is 0 Å². The number of nitrogens with zero attached hydrogens (tertiary/aromatic N) is 2. The topological polar surface area (TPSA) is 102 Å². The van der Waals surface area contributed by atoms with Crippen molar-refractivity contribution in [3.63, 3.8) is 0 Å². The second-order valence-corrected chi connectivity index (χ2v) is 13.7. The number of aliphatic hydroxyl groups is 2. The van der Waals surface area contributed by atoms with E-state index in [-0.39, 0.29) is 18.5 Å². The molecule has 1 amide bonds. The van der Waals surface area contributed by atoms with Crippen molar-refractivity contribution in [1.29, 1.82) is 0 Å². The van der Waals surface area contributed by atoms with Gasteiger partial charge in [0.2, 0.25) is 5.91 Å². The molecule has 1 unspecified atom stereocenters. The quantitative estimate of drug-likeness (QED) is 0.388. The highest BCUT2D eigenvalue weighted by Gasteiger charge is 2.57. The molecule has 8 nitrogen and oxygen atoms in total. The third kappa shape index (κ3) is 5.33. The maximum Gasteiger partial charge on any atom is 0.238 e. The lowest BCUT2D eigenvalue weighted by Gasteiger charge is -2.62. The van der Waals surface area contributed by atoms with Crippen LogP contribution in [0.4, 0.5) is 5.69 Å². The van der Waals surface area contributed by atoms with Crippen molar-refractivity contribution >= 4 is 17.9 Å². The zero-order valence-corrected chi connectivity index (χ0v) is 26.0. The van der Waals surface area contributed by atoms with Gasteiger partial charge < -0.3 is 25.2 Å². The van der Waals surface area contributed by atoms with Gasteiger partial charge in [-0.25, -0.2) is 0 Å². The van der Waals surface area contributed by atoms with Crippen LogP contribution in [0.2, 0.25) is 0 Å². The Morgan fingerprint density at radius 1 is 1.24 bits per heavy atom. The molecule has 3 N–H and O–H groups in total. The Labute approximate surface area is 250 Å². The number of carbonyl (C=O) groups is 2. The molecule has 1 saturated heterocycles. The van der Waals surface area contributed by atoms with E-state index in [1.54, 1.807) is 14.0 Å². The second-order valence-electron chi connectivity index (χ2n) is 13.7.